The van der Waals surface area contributed by atoms with Crippen LogP contribution < -0.4 is 10.2 Å². The summed E-state index contributed by atoms with van der Waals surface area (Å²) in [6, 6.07) is 10.3. The van der Waals surface area contributed by atoms with Crippen LogP contribution in [0.15, 0.2) is 55.0 Å². The topological polar surface area (TPSA) is 80.1 Å². The first-order valence-corrected chi connectivity index (χ1v) is 8.87. The Balaban J connectivity index is 1.53. The monoisotopic (exact) mass is 381 g/mol. The van der Waals surface area contributed by atoms with Crippen molar-refractivity contribution in [3.05, 3.63) is 65.6 Å². The van der Waals surface area contributed by atoms with Gasteiger partial charge >= 0.3 is 0 Å². The van der Waals surface area contributed by atoms with E-state index in [9.17, 15) is 9.59 Å². The number of rotatable bonds is 4. The van der Waals surface area contributed by atoms with Crippen LogP contribution >= 0.6 is 11.6 Å². The summed E-state index contributed by atoms with van der Waals surface area (Å²) in [6.07, 6.45) is 6.28. The van der Waals surface area contributed by atoms with Crippen LogP contribution in [0.4, 0.5) is 11.4 Å². The lowest BCUT2D eigenvalue weighted by Gasteiger charge is -2.17. The van der Waals surface area contributed by atoms with E-state index in [0.717, 1.165) is 12.1 Å². The predicted molar refractivity (Wildman–Crippen MR) is 102 cm³/mol. The van der Waals surface area contributed by atoms with Crippen LogP contribution in [0, 0.1) is 0 Å². The third kappa shape index (κ3) is 3.54. The minimum atomic E-state index is -0.332. The maximum Gasteiger partial charge on any atom is 0.257 e. The fourth-order valence-electron chi connectivity index (χ4n) is 2.95. The Hall–Kier alpha value is -3.19. The average molecular weight is 382 g/mol. The van der Waals surface area contributed by atoms with Gasteiger partial charge in [-0.05, 0) is 42.8 Å². The van der Waals surface area contributed by atoms with E-state index in [-0.39, 0.29) is 11.8 Å². The molecule has 8 heteroatoms. The standard InChI is InChI=1S/C19H16ClN5O2/c20-15-6-5-14(24-9-1-3-18(24)26)11-16(15)23-19(27)13-4-7-17(21-12-13)25-10-2-8-22-25/h2,4-8,10-12H,1,3,9H2,(H,23,27). The summed E-state index contributed by atoms with van der Waals surface area (Å²) >= 11 is 6.22. The van der Waals surface area contributed by atoms with Crippen LogP contribution in [0.1, 0.15) is 23.2 Å². The molecule has 0 saturated carbocycles. The Kier molecular flexibility index (Phi) is 4.60. The van der Waals surface area contributed by atoms with Crippen LogP contribution in [-0.4, -0.2) is 33.1 Å². The Labute approximate surface area is 160 Å². The number of aromatic nitrogens is 3. The Bertz CT molecular complexity index is 986. The summed E-state index contributed by atoms with van der Waals surface area (Å²) in [5, 5.41) is 7.29. The fourth-order valence-corrected chi connectivity index (χ4v) is 3.12. The van der Waals surface area contributed by atoms with Gasteiger partial charge in [-0.2, -0.15) is 5.10 Å². The molecule has 0 atom stereocenters. The molecular formula is C19H16ClN5O2. The summed E-state index contributed by atoms with van der Waals surface area (Å²) in [4.78, 5) is 30.4. The van der Waals surface area contributed by atoms with Gasteiger partial charge in [0.25, 0.3) is 5.91 Å². The molecule has 7 nitrogen and oxygen atoms in total. The van der Waals surface area contributed by atoms with Crippen LogP contribution in [0.25, 0.3) is 5.82 Å². The number of nitrogens with zero attached hydrogens (tertiary/aromatic N) is 4. The van der Waals surface area contributed by atoms with E-state index in [1.807, 2.05) is 0 Å². The van der Waals surface area contributed by atoms with E-state index in [0.29, 0.717) is 35.1 Å². The number of halogens is 1. The minimum absolute atomic E-state index is 0.0769. The first-order chi connectivity index (χ1) is 13.1. The first-order valence-electron chi connectivity index (χ1n) is 8.49. The van der Waals surface area contributed by atoms with Gasteiger partial charge in [-0.3, -0.25) is 9.59 Å². The van der Waals surface area contributed by atoms with E-state index in [1.165, 1.54) is 6.20 Å². The third-order valence-electron chi connectivity index (χ3n) is 4.33. The van der Waals surface area contributed by atoms with E-state index in [1.54, 1.807) is 58.4 Å². The SMILES string of the molecule is O=C(Nc1cc(N2CCCC2=O)ccc1Cl)c1ccc(-n2cccn2)nc1. The largest absolute Gasteiger partial charge is 0.321 e. The molecular weight excluding hydrogens is 366 g/mol. The molecule has 1 aliphatic heterocycles. The maximum absolute atomic E-state index is 12.5. The molecule has 1 saturated heterocycles. The van der Waals surface area contributed by atoms with Crippen LogP contribution in [0.3, 0.4) is 0 Å². The highest BCUT2D eigenvalue weighted by Crippen LogP contribution is 2.30. The normalized spacial score (nSPS) is 13.8. The summed E-state index contributed by atoms with van der Waals surface area (Å²) in [7, 11) is 0. The highest BCUT2D eigenvalue weighted by atomic mass is 35.5. The average Bonchev–Trinajstić information content (AvgIpc) is 3.35. The molecule has 0 radical (unpaired) electrons. The second kappa shape index (κ2) is 7.20. The van der Waals surface area contributed by atoms with Crippen molar-refractivity contribution in [2.45, 2.75) is 12.8 Å². The van der Waals surface area contributed by atoms with Crippen LogP contribution in [0.5, 0.6) is 0 Å². The highest BCUT2D eigenvalue weighted by Gasteiger charge is 2.22. The van der Waals surface area contributed by atoms with Gasteiger partial charge in [0.1, 0.15) is 0 Å². The van der Waals surface area contributed by atoms with Gasteiger partial charge < -0.3 is 10.2 Å². The lowest BCUT2D eigenvalue weighted by Crippen LogP contribution is -2.23. The zero-order valence-electron chi connectivity index (χ0n) is 14.3. The van der Waals surface area contributed by atoms with Crippen molar-refractivity contribution >= 4 is 34.8 Å². The zero-order chi connectivity index (χ0) is 18.8. The molecule has 1 fully saturated rings. The minimum Gasteiger partial charge on any atom is -0.321 e. The first kappa shape index (κ1) is 17.2. The number of benzene rings is 1. The number of carbonyl (C=O) groups excluding carboxylic acids is 2. The zero-order valence-corrected chi connectivity index (χ0v) is 15.1. The molecule has 1 aromatic carbocycles. The van der Waals surface area contributed by atoms with Crippen molar-refractivity contribution in [1.29, 1.82) is 0 Å². The highest BCUT2D eigenvalue weighted by molar-refractivity contribution is 6.34. The number of carbonyl (C=O) groups is 2. The Morgan fingerprint density at radius 3 is 2.78 bits per heavy atom. The molecule has 0 aliphatic carbocycles. The lowest BCUT2D eigenvalue weighted by molar-refractivity contribution is -0.117. The summed E-state index contributed by atoms with van der Waals surface area (Å²) < 4.78 is 1.61. The molecule has 2 amide bonds. The molecule has 1 N–H and O–H groups in total. The second-order valence-electron chi connectivity index (χ2n) is 6.12. The quantitative estimate of drug-likeness (QED) is 0.751. The third-order valence-corrected chi connectivity index (χ3v) is 4.66. The lowest BCUT2D eigenvalue weighted by atomic mass is 10.2. The van der Waals surface area contributed by atoms with Gasteiger partial charge in [0.2, 0.25) is 5.91 Å². The van der Waals surface area contributed by atoms with Crippen molar-refractivity contribution in [3.8, 4) is 5.82 Å². The van der Waals surface area contributed by atoms with Crippen molar-refractivity contribution in [1.82, 2.24) is 14.8 Å². The Morgan fingerprint density at radius 1 is 1.22 bits per heavy atom. The van der Waals surface area contributed by atoms with Crippen LogP contribution in [-0.2, 0) is 4.79 Å². The smallest absolute Gasteiger partial charge is 0.257 e. The molecule has 0 spiro atoms. The number of hydrogen-bond donors (Lipinski definition) is 1. The van der Waals surface area contributed by atoms with E-state index < -0.39 is 0 Å². The molecule has 1 aliphatic rings. The van der Waals surface area contributed by atoms with Gasteiger partial charge in [0.15, 0.2) is 5.82 Å². The fraction of sp³-hybridized carbons (Fsp3) is 0.158. The Morgan fingerprint density at radius 2 is 2.11 bits per heavy atom. The number of nitrogens with one attached hydrogen (secondary N) is 1. The van der Waals surface area contributed by atoms with Crippen molar-refractivity contribution < 1.29 is 9.59 Å². The van der Waals surface area contributed by atoms with Gasteiger partial charge in [0.05, 0.1) is 16.3 Å². The van der Waals surface area contributed by atoms with Crippen molar-refractivity contribution in [3.63, 3.8) is 0 Å². The maximum atomic E-state index is 12.5. The molecule has 0 bridgehead atoms. The number of anilines is 2. The van der Waals surface area contributed by atoms with Gasteiger partial charge in [0, 0.05) is 37.2 Å². The van der Waals surface area contributed by atoms with Crippen molar-refractivity contribution in [2.24, 2.45) is 0 Å². The number of hydrogen-bond acceptors (Lipinski definition) is 4. The summed E-state index contributed by atoms with van der Waals surface area (Å²) in [5.41, 5.74) is 1.57. The van der Waals surface area contributed by atoms with E-state index >= 15 is 0 Å². The summed E-state index contributed by atoms with van der Waals surface area (Å²) in [5.74, 6) is 0.360. The molecule has 0 unspecified atom stereocenters. The molecule has 4 rings (SSSR count). The second-order valence-corrected chi connectivity index (χ2v) is 6.53. The molecule has 27 heavy (non-hydrogen) atoms. The molecule has 3 heterocycles. The van der Waals surface area contributed by atoms with E-state index in [4.69, 9.17) is 11.6 Å². The number of amides is 2. The van der Waals surface area contributed by atoms with Gasteiger partial charge in [-0.15, -0.1) is 0 Å². The summed E-state index contributed by atoms with van der Waals surface area (Å²) in [6.45, 7) is 0.673. The predicted octanol–water partition coefficient (Wildman–Crippen LogP) is 3.30. The molecule has 2 aromatic heterocycles. The van der Waals surface area contributed by atoms with Crippen LogP contribution in [0.2, 0.25) is 5.02 Å². The molecule has 136 valence electrons. The van der Waals surface area contributed by atoms with Gasteiger partial charge in [-0.25, -0.2) is 9.67 Å². The van der Waals surface area contributed by atoms with Crippen molar-refractivity contribution in [2.75, 3.05) is 16.8 Å². The molecule has 3 aromatic rings. The number of pyridine rings is 1. The van der Waals surface area contributed by atoms with Gasteiger partial charge in [-0.1, -0.05) is 11.6 Å². The van der Waals surface area contributed by atoms with E-state index in [2.05, 4.69) is 15.4 Å².